The van der Waals surface area contributed by atoms with Crippen molar-refractivity contribution in [1.29, 1.82) is 0 Å². The van der Waals surface area contributed by atoms with E-state index >= 15 is 0 Å². The first-order chi connectivity index (χ1) is 15.0. The van der Waals surface area contributed by atoms with Crippen molar-refractivity contribution in [1.82, 2.24) is 14.4 Å². The maximum atomic E-state index is 14.4. The molecule has 0 spiro atoms. The molecular weight excluding hydrogens is 435 g/mol. The lowest BCUT2D eigenvalue weighted by Gasteiger charge is -2.34. The van der Waals surface area contributed by atoms with Crippen LogP contribution in [0.1, 0.15) is 33.6 Å². The number of hydrogen-bond acceptors (Lipinski definition) is 7. The highest BCUT2D eigenvalue weighted by atomic mass is 32.2. The van der Waals surface area contributed by atoms with Crippen molar-refractivity contribution in [2.45, 2.75) is 55.4 Å². The first-order valence-corrected chi connectivity index (χ1v) is 11.8. The molecule has 0 amide bonds. The van der Waals surface area contributed by atoms with Crippen LogP contribution < -0.4 is 10.1 Å². The second-order valence-electron chi connectivity index (χ2n) is 8.93. The van der Waals surface area contributed by atoms with E-state index in [9.17, 15) is 12.8 Å². The average molecular weight is 463 g/mol. The maximum absolute atomic E-state index is 14.4. The van der Waals surface area contributed by atoms with E-state index in [-0.39, 0.29) is 22.8 Å². The van der Waals surface area contributed by atoms with Gasteiger partial charge in [-0.25, -0.2) is 18.4 Å². The van der Waals surface area contributed by atoms with Crippen LogP contribution in [0.2, 0.25) is 0 Å². The van der Waals surface area contributed by atoms with E-state index in [1.807, 2.05) is 0 Å². The lowest BCUT2D eigenvalue weighted by atomic mass is 9.89. The van der Waals surface area contributed by atoms with Gasteiger partial charge in [0.1, 0.15) is 22.1 Å². The van der Waals surface area contributed by atoms with Crippen molar-refractivity contribution in [3.63, 3.8) is 0 Å². The van der Waals surface area contributed by atoms with Gasteiger partial charge in [-0.15, -0.1) is 0 Å². The molecule has 1 N–H and O–H groups in total. The van der Waals surface area contributed by atoms with Gasteiger partial charge in [0.05, 0.1) is 29.9 Å². The molecule has 1 saturated carbocycles. The molecule has 0 aliphatic heterocycles. The minimum Gasteiger partial charge on any atom is -0.495 e. The van der Waals surface area contributed by atoms with E-state index in [1.165, 1.54) is 19.4 Å². The van der Waals surface area contributed by atoms with Crippen LogP contribution in [0.5, 0.6) is 5.75 Å². The van der Waals surface area contributed by atoms with E-state index in [4.69, 9.17) is 9.47 Å². The molecule has 32 heavy (non-hydrogen) atoms. The Balaban J connectivity index is 1.78. The van der Waals surface area contributed by atoms with Crippen LogP contribution in [0.25, 0.3) is 16.9 Å². The lowest BCUT2D eigenvalue weighted by molar-refractivity contribution is 0.0328. The summed E-state index contributed by atoms with van der Waals surface area (Å²) in [5.41, 5.74) is 1.55. The van der Waals surface area contributed by atoms with E-state index < -0.39 is 20.5 Å². The van der Waals surface area contributed by atoms with Gasteiger partial charge in [-0.1, -0.05) is 0 Å². The van der Waals surface area contributed by atoms with Crippen LogP contribution in [0.3, 0.4) is 0 Å². The summed E-state index contributed by atoms with van der Waals surface area (Å²) in [6.07, 6.45) is 4.92. The molecule has 172 valence electrons. The molecule has 1 aliphatic rings. The van der Waals surface area contributed by atoms with Gasteiger partial charge in [0.2, 0.25) is 5.95 Å². The fourth-order valence-electron chi connectivity index (χ4n) is 3.70. The number of ether oxygens (including phenoxy) is 2. The Morgan fingerprint density at radius 1 is 1.19 bits per heavy atom. The van der Waals surface area contributed by atoms with Crippen molar-refractivity contribution in [2.75, 3.05) is 19.5 Å². The van der Waals surface area contributed by atoms with E-state index in [0.717, 1.165) is 12.8 Å². The number of hydrogen-bond donors (Lipinski definition) is 1. The van der Waals surface area contributed by atoms with Gasteiger partial charge in [-0.3, -0.25) is 4.40 Å². The number of rotatable bonds is 6. The molecule has 0 bridgehead atoms. The van der Waals surface area contributed by atoms with Crippen molar-refractivity contribution < 1.29 is 22.3 Å². The molecule has 8 nitrogen and oxygen atoms in total. The second kappa shape index (κ2) is 8.00. The molecule has 3 heterocycles. The Bertz CT molecular complexity index is 1260. The molecule has 3 aromatic heterocycles. The fourth-order valence-corrected chi connectivity index (χ4v) is 5.01. The molecule has 1 aliphatic carbocycles. The first kappa shape index (κ1) is 22.5. The number of pyridine rings is 2. The zero-order valence-electron chi connectivity index (χ0n) is 18.7. The van der Waals surface area contributed by atoms with E-state index in [1.54, 1.807) is 50.6 Å². The maximum Gasteiger partial charge on any atom is 0.215 e. The Hall–Kier alpha value is -2.72. The fraction of sp³-hybridized carbons (Fsp3) is 0.455. The van der Waals surface area contributed by atoms with Crippen molar-refractivity contribution in [3.8, 4) is 17.0 Å². The number of sulfone groups is 1. The normalized spacial score (nSPS) is 19.1. The van der Waals surface area contributed by atoms with Crippen LogP contribution in [0.4, 0.5) is 10.2 Å². The van der Waals surface area contributed by atoms with Gasteiger partial charge in [0.25, 0.3) is 0 Å². The third-order valence-electron chi connectivity index (χ3n) is 5.76. The summed E-state index contributed by atoms with van der Waals surface area (Å²) in [5, 5.41) is 3.23. The Labute approximate surface area is 186 Å². The number of imidazole rings is 1. The number of anilines is 1. The minimum atomic E-state index is -3.71. The molecule has 3 aromatic rings. The Kier molecular flexibility index (Phi) is 5.62. The largest absolute Gasteiger partial charge is 0.495 e. The molecule has 0 radical (unpaired) electrons. The lowest BCUT2D eigenvalue weighted by Crippen LogP contribution is -2.40. The second-order valence-corrected chi connectivity index (χ2v) is 11.6. The smallest absolute Gasteiger partial charge is 0.215 e. The zero-order valence-corrected chi connectivity index (χ0v) is 19.5. The quantitative estimate of drug-likeness (QED) is 0.558. The van der Waals surface area contributed by atoms with Crippen molar-refractivity contribution in [2.24, 2.45) is 0 Å². The van der Waals surface area contributed by atoms with Gasteiger partial charge in [-0.05, 0) is 39.7 Å². The third kappa shape index (κ3) is 3.93. The average Bonchev–Trinajstić information content (AvgIpc) is 3.11. The number of nitrogens with zero attached hydrogens (tertiary/aromatic N) is 3. The summed E-state index contributed by atoms with van der Waals surface area (Å²) in [4.78, 5) is 8.36. The van der Waals surface area contributed by atoms with Crippen molar-refractivity contribution in [3.05, 3.63) is 36.5 Å². The monoisotopic (exact) mass is 462 g/mol. The summed E-state index contributed by atoms with van der Waals surface area (Å²) >= 11 is 0. The minimum absolute atomic E-state index is 0.0483. The molecule has 0 unspecified atom stereocenters. The van der Waals surface area contributed by atoms with Crippen LogP contribution >= 0.6 is 0 Å². The van der Waals surface area contributed by atoms with Crippen LogP contribution in [-0.2, 0) is 14.6 Å². The van der Waals surface area contributed by atoms with Gasteiger partial charge >= 0.3 is 0 Å². The summed E-state index contributed by atoms with van der Waals surface area (Å²) in [7, 11) is -0.615. The number of fused-ring (bicyclic) bond motifs is 1. The van der Waals surface area contributed by atoms with Crippen LogP contribution in [0, 0.1) is 5.95 Å². The van der Waals surface area contributed by atoms with Gasteiger partial charge in [0.15, 0.2) is 9.84 Å². The number of nitrogens with one attached hydrogen (secondary N) is 1. The van der Waals surface area contributed by atoms with E-state index in [0.29, 0.717) is 22.7 Å². The first-order valence-electron chi connectivity index (χ1n) is 10.3. The van der Waals surface area contributed by atoms with Gasteiger partial charge < -0.3 is 14.8 Å². The molecule has 0 atom stereocenters. The molecule has 1 fully saturated rings. The van der Waals surface area contributed by atoms with Crippen LogP contribution in [0.15, 0.2) is 35.5 Å². The number of aromatic nitrogens is 3. The molecule has 0 aromatic carbocycles. The molecule has 0 saturated heterocycles. The molecular formula is C22H27FN4O4S. The summed E-state index contributed by atoms with van der Waals surface area (Å²) < 4.78 is 51.9. The highest BCUT2D eigenvalue weighted by Gasteiger charge is 2.34. The predicted octanol–water partition coefficient (Wildman–Crippen LogP) is 3.71. The number of halogens is 1. The van der Waals surface area contributed by atoms with Crippen molar-refractivity contribution >= 4 is 21.3 Å². The van der Waals surface area contributed by atoms with Gasteiger partial charge in [0, 0.05) is 37.0 Å². The highest BCUT2D eigenvalue weighted by molar-refractivity contribution is 7.92. The Morgan fingerprint density at radius 3 is 2.53 bits per heavy atom. The molecule has 4 rings (SSSR count). The number of methoxy groups -OCH3 is 2. The third-order valence-corrected chi connectivity index (χ3v) is 8.26. The summed E-state index contributed by atoms with van der Waals surface area (Å²) in [6, 6.07) is 4.76. The SMILES string of the molecule is COc1cc2ncc(-c3cc(F)nc(N[C@H]4C[C@@H](OC)C4)c3)n2cc1S(=O)(=O)C(C)(C)C. The standard InChI is InChI=1S/C22H27FN4O4S/c1-22(2,3)32(28,29)18-12-27-16(11-24-21(27)10-17(18)31-5)13-6-19(23)26-20(7-13)25-14-8-15(9-14)30-4/h6-7,10-12,14-15H,8-9H2,1-5H3,(H,25,26)/t14-,15+. The topological polar surface area (TPSA) is 94.8 Å². The Morgan fingerprint density at radius 2 is 1.91 bits per heavy atom. The van der Waals surface area contributed by atoms with Crippen LogP contribution in [-0.4, -0.2) is 53.9 Å². The van der Waals surface area contributed by atoms with Gasteiger partial charge in [-0.2, -0.15) is 4.39 Å². The summed E-state index contributed by atoms with van der Waals surface area (Å²) in [5.74, 6) is -0.0188. The van der Waals surface area contributed by atoms with E-state index in [2.05, 4.69) is 15.3 Å². The molecule has 10 heteroatoms. The summed E-state index contributed by atoms with van der Waals surface area (Å²) in [6.45, 7) is 4.89. The highest BCUT2D eigenvalue weighted by Crippen LogP contribution is 2.35. The zero-order chi connectivity index (χ0) is 23.3. The predicted molar refractivity (Wildman–Crippen MR) is 119 cm³/mol.